The maximum atomic E-state index is 12.6. The Bertz CT molecular complexity index is 952. The van der Waals surface area contributed by atoms with Gasteiger partial charge in [0.2, 0.25) is 0 Å². The molecule has 3 aromatic rings. The molecular weight excluding hydrogens is 387 g/mol. The summed E-state index contributed by atoms with van der Waals surface area (Å²) in [5, 5.41) is 7.36. The van der Waals surface area contributed by atoms with E-state index in [2.05, 4.69) is 17.4 Å². The third-order valence-corrected chi connectivity index (χ3v) is 4.83. The predicted octanol–water partition coefficient (Wildman–Crippen LogP) is 5.68. The fourth-order valence-corrected chi connectivity index (χ4v) is 2.78. The molecule has 27 heavy (non-hydrogen) atoms. The zero-order valence-corrected chi connectivity index (χ0v) is 16.4. The minimum Gasteiger partial charge on any atom is -0.489 e. The van der Waals surface area contributed by atoms with Crippen LogP contribution in [0.3, 0.4) is 0 Å². The van der Waals surface area contributed by atoms with Crippen LogP contribution in [0, 0.1) is 6.92 Å². The lowest BCUT2D eigenvalue weighted by atomic mass is 10.1. The molecule has 140 valence electrons. The van der Waals surface area contributed by atoms with Crippen LogP contribution in [0.5, 0.6) is 5.75 Å². The third kappa shape index (κ3) is 4.62. The minimum atomic E-state index is -0.412. The molecule has 7 heteroatoms. The number of carbonyl (C=O) groups excluding carboxylic acids is 1. The fourth-order valence-electron chi connectivity index (χ4n) is 2.48. The fraction of sp³-hybridized carbons (Fsp3) is 0.200. The van der Waals surface area contributed by atoms with Crippen LogP contribution in [-0.4, -0.2) is 11.1 Å². The van der Waals surface area contributed by atoms with Crippen LogP contribution in [0.15, 0.2) is 47.0 Å². The molecule has 0 aliphatic heterocycles. The zero-order chi connectivity index (χ0) is 19.4. The van der Waals surface area contributed by atoms with Gasteiger partial charge in [-0.3, -0.25) is 4.79 Å². The van der Waals surface area contributed by atoms with Gasteiger partial charge < -0.3 is 14.6 Å². The van der Waals surface area contributed by atoms with Crippen LogP contribution < -0.4 is 10.1 Å². The summed E-state index contributed by atoms with van der Waals surface area (Å²) in [5.41, 5.74) is 2.50. The topological polar surface area (TPSA) is 64.4 Å². The van der Waals surface area contributed by atoms with Crippen LogP contribution in [0.2, 0.25) is 10.0 Å². The van der Waals surface area contributed by atoms with Gasteiger partial charge in [0.15, 0.2) is 5.69 Å². The van der Waals surface area contributed by atoms with E-state index in [1.807, 2.05) is 24.3 Å². The van der Waals surface area contributed by atoms with Gasteiger partial charge in [-0.25, -0.2) is 0 Å². The summed E-state index contributed by atoms with van der Waals surface area (Å²) in [7, 11) is 0. The van der Waals surface area contributed by atoms with Gasteiger partial charge in [0.05, 0.1) is 15.6 Å². The maximum Gasteiger partial charge on any atom is 0.278 e. The smallest absolute Gasteiger partial charge is 0.278 e. The quantitative estimate of drug-likeness (QED) is 0.573. The highest BCUT2D eigenvalue weighted by Crippen LogP contribution is 2.26. The zero-order valence-electron chi connectivity index (χ0n) is 14.9. The van der Waals surface area contributed by atoms with Crippen molar-refractivity contribution in [1.82, 2.24) is 5.16 Å². The first kappa shape index (κ1) is 19.3. The van der Waals surface area contributed by atoms with Gasteiger partial charge in [0.25, 0.3) is 5.91 Å². The number of aryl methyl sites for hydroxylation is 2. The van der Waals surface area contributed by atoms with Gasteiger partial charge in [0.1, 0.15) is 18.1 Å². The summed E-state index contributed by atoms with van der Waals surface area (Å²) in [6.07, 6.45) is 0.962. The summed E-state index contributed by atoms with van der Waals surface area (Å²) in [6, 6.07) is 12.7. The summed E-state index contributed by atoms with van der Waals surface area (Å²) in [6.45, 7) is 4.00. The number of amides is 1. The number of halogens is 2. The molecule has 3 rings (SSSR count). The molecule has 0 aliphatic rings. The first-order valence-electron chi connectivity index (χ1n) is 8.41. The minimum absolute atomic E-state index is 0.170. The number of hydrogen-bond donors (Lipinski definition) is 1. The number of nitrogens with zero attached hydrogens (tertiary/aromatic N) is 1. The van der Waals surface area contributed by atoms with Crippen LogP contribution in [0.25, 0.3) is 0 Å². The highest BCUT2D eigenvalue weighted by atomic mass is 35.5. The Morgan fingerprint density at radius 3 is 2.56 bits per heavy atom. The highest BCUT2D eigenvalue weighted by Gasteiger charge is 2.21. The van der Waals surface area contributed by atoms with E-state index in [1.165, 1.54) is 5.56 Å². The lowest BCUT2D eigenvalue weighted by Gasteiger charge is -2.08. The molecule has 0 unspecified atom stereocenters. The highest BCUT2D eigenvalue weighted by molar-refractivity contribution is 6.42. The van der Waals surface area contributed by atoms with Gasteiger partial charge in [-0.1, -0.05) is 47.4 Å². The average molecular weight is 405 g/mol. The van der Waals surface area contributed by atoms with Crippen LogP contribution in [0.1, 0.15) is 34.3 Å². The molecule has 1 amide bonds. The van der Waals surface area contributed by atoms with Gasteiger partial charge >= 0.3 is 0 Å². The molecule has 0 aliphatic carbocycles. The van der Waals surface area contributed by atoms with Crippen molar-refractivity contribution < 1.29 is 14.1 Å². The average Bonchev–Trinajstić information content (AvgIpc) is 3.04. The van der Waals surface area contributed by atoms with Gasteiger partial charge in [-0.05, 0) is 49.2 Å². The molecule has 0 bridgehead atoms. The number of benzene rings is 2. The summed E-state index contributed by atoms with van der Waals surface area (Å²) in [5.74, 6) is 0.827. The molecule has 0 spiro atoms. The van der Waals surface area contributed by atoms with Crippen molar-refractivity contribution in [3.05, 3.63) is 75.1 Å². The molecule has 2 aromatic carbocycles. The largest absolute Gasteiger partial charge is 0.489 e. The van der Waals surface area contributed by atoms with Crippen molar-refractivity contribution in [2.24, 2.45) is 0 Å². The van der Waals surface area contributed by atoms with Crippen LogP contribution in [0.4, 0.5) is 5.69 Å². The van der Waals surface area contributed by atoms with E-state index in [0.29, 0.717) is 32.8 Å². The van der Waals surface area contributed by atoms with Crippen molar-refractivity contribution in [3.8, 4) is 5.75 Å². The van der Waals surface area contributed by atoms with Crippen LogP contribution >= 0.6 is 23.2 Å². The van der Waals surface area contributed by atoms with Crippen molar-refractivity contribution in [1.29, 1.82) is 0 Å². The Hall–Kier alpha value is -2.50. The molecule has 0 saturated carbocycles. The molecule has 0 radical (unpaired) electrons. The molecule has 1 heterocycles. The van der Waals surface area contributed by atoms with E-state index < -0.39 is 5.91 Å². The number of rotatable bonds is 6. The summed E-state index contributed by atoms with van der Waals surface area (Å²) < 4.78 is 11.0. The van der Waals surface area contributed by atoms with Gasteiger partial charge in [-0.2, -0.15) is 0 Å². The van der Waals surface area contributed by atoms with Crippen molar-refractivity contribution in [3.63, 3.8) is 0 Å². The molecule has 5 nitrogen and oxygen atoms in total. The number of hydrogen-bond acceptors (Lipinski definition) is 4. The van der Waals surface area contributed by atoms with Crippen molar-refractivity contribution >= 4 is 34.8 Å². The monoisotopic (exact) mass is 404 g/mol. The van der Waals surface area contributed by atoms with Gasteiger partial charge in [0, 0.05) is 5.69 Å². The van der Waals surface area contributed by atoms with Gasteiger partial charge in [-0.15, -0.1) is 0 Å². The number of ether oxygens (including phenoxy) is 1. The summed E-state index contributed by atoms with van der Waals surface area (Å²) in [4.78, 5) is 12.6. The Morgan fingerprint density at radius 1 is 1.15 bits per heavy atom. The van der Waals surface area contributed by atoms with E-state index in [-0.39, 0.29) is 12.3 Å². The number of anilines is 1. The Labute approximate surface area is 167 Å². The number of aromatic nitrogens is 1. The molecule has 1 N–H and O–H groups in total. The van der Waals surface area contributed by atoms with Crippen LogP contribution in [-0.2, 0) is 13.0 Å². The lowest BCUT2D eigenvalue weighted by Crippen LogP contribution is -2.15. The van der Waals surface area contributed by atoms with E-state index in [1.54, 1.807) is 25.1 Å². The Kier molecular flexibility index (Phi) is 6.04. The van der Waals surface area contributed by atoms with Crippen molar-refractivity contribution in [2.45, 2.75) is 26.9 Å². The number of carbonyl (C=O) groups is 1. The standard InChI is InChI=1S/C20H18Cl2N2O3/c1-3-13-4-7-15(8-5-13)26-11-16-12(2)27-24-19(16)20(25)23-14-6-9-17(21)18(22)10-14/h4-10H,3,11H2,1-2H3,(H,23,25). The summed E-state index contributed by atoms with van der Waals surface area (Å²) >= 11 is 11.9. The maximum absolute atomic E-state index is 12.6. The predicted molar refractivity (Wildman–Crippen MR) is 106 cm³/mol. The van der Waals surface area contributed by atoms with E-state index >= 15 is 0 Å². The molecule has 0 saturated heterocycles. The van der Waals surface area contributed by atoms with E-state index in [0.717, 1.165) is 6.42 Å². The SMILES string of the molecule is CCc1ccc(OCc2c(C(=O)Nc3ccc(Cl)c(Cl)c3)noc2C)cc1. The Balaban J connectivity index is 1.72. The lowest BCUT2D eigenvalue weighted by molar-refractivity contribution is 0.101. The first-order chi connectivity index (χ1) is 13.0. The normalized spacial score (nSPS) is 10.7. The number of nitrogens with one attached hydrogen (secondary N) is 1. The second kappa shape index (κ2) is 8.46. The molecule has 0 atom stereocenters. The third-order valence-electron chi connectivity index (χ3n) is 4.09. The molecule has 1 aromatic heterocycles. The van der Waals surface area contributed by atoms with E-state index in [4.69, 9.17) is 32.5 Å². The second-order valence-electron chi connectivity index (χ2n) is 5.94. The second-order valence-corrected chi connectivity index (χ2v) is 6.75. The Morgan fingerprint density at radius 2 is 1.89 bits per heavy atom. The van der Waals surface area contributed by atoms with E-state index in [9.17, 15) is 4.79 Å². The van der Waals surface area contributed by atoms with Crippen molar-refractivity contribution in [2.75, 3.05) is 5.32 Å². The first-order valence-corrected chi connectivity index (χ1v) is 9.16. The molecule has 0 fully saturated rings. The molecular formula is C20H18Cl2N2O3.